The topological polar surface area (TPSA) is 185 Å². The van der Waals surface area contributed by atoms with Gasteiger partial charge in [0.15, 0.2) is 17.0 Å². The molecule has 2 atom stereocenters. The van der Waals surface area contributed by atoms with Crippen molar-refractivity contribution >= 4 is 52.1 Å². The van der Waals surface area contributed by atoms with Crippen LogP contribution in [0.3, 0.4) is 0 Å². The molecule has 0 radical (unpaired) electrons. The Balaban J connectivity index is 1.71. The maximum atomic E-state index is 12.9. The number of rotatable bonds is 12. The van der Waals surface area contributed by atoms with Crippen molar-refractivity contribution in [3.63, 3.8) is 0 Å². The van der Waals surface area contributed by atoms with Gasteiger partial charge in [0.05, 0.1) is 30.0 Å². The Kier molecular flexibility index (Phi) is 9.66. The van der Waals surface area contributed by atoms with E-state index in [1.165, 1.54) is 11.3 Å². The standard InChI is InChI=1S/C24H31N7O5S/c1-4-13(11-14-12-27-21-19(28-14)20(25)30-24(26)31-21)16-8-9-17(37-16)22(33)29-15(23(34)36-6-3)7-10-18(32)35-5-2/h8-9,12-13,15H,4-7,10-11H2,1-3H3,(H,29,33)(H4,25,26,27,30,31)/t13?,15-/m0/s1. The first-order valence-corrected chi connectivity index (χ1v) is 12.8. The number of ether oxygens (including phenoxy) is 2. The highest BCUT2D eigenvalue weighted by Crippen LogP contribution is 2.30. The fourth-order valence-electron chi connectivity index (χ4n) is 3.69. The maximum absolute atomic E-state index is 12.9. The molecular weight excluding hydrogens is 498 g/mol. The summed E-state index contributed by atoms with van der Waals surface area (Å²) in [5.74, 6) is -1.18. The molecule has 1 unspecified atom stereocenters. The SMILES string of the molecule is CCOC(=O)CC[C@H](NC(=O)c1ccc(C(CC)Cc2cnc3nc(N)nc(N)c3n2)s1)C(=O)OCC. The summed E-state index contributed by atoms with van der Waals surface area (Å²) in [6.07, 6.45) is 3.06. The molecule has 3 rings (SSSR count). The molecule has 0 aliphatic carbocycles. The Morgan fingerprint density at radius 1 is 1.05 bits per heavy atom. The third kappa shape index (κ3) is 7.32. The number of nitrogens with zero attached hydrogens (tertiary/aromatic N) is 4. The quantitative estimate of drug-likeness (QED) is 0.292. The van der Waals surface area contributed by atoms with Crippen LogP contribution < -0.4 is 16.8 Å². The number of thiophene rings is 1. The van der Waals surface area contributed by atoms with Crippen molar-refractivity contribution in [3.05, 3.63) is 33.8 Å². The van der Waals surface area contributed by atoms with Gasteiger partial charge >= 0.3 is 11.9 Å². The van der Waals surface area contributed by atoms with Crippen molar-refractivity contribution < 1.29 is 23.9 Å². The fourth-order valence-corrected chi connectivity index (χ4v) is 4.78. The predicted molar refractivity (Wildman–Crippen MR) is 139 cm³/mol. The molecule has 0 saturated heterocycles. The monoisotopic (exact) mass is 529 g/mol. The Morgan fingerprint density at radius 2 is 1.81 bits per heavy atom. The molecule has 1 amide bonds. The normalized spacial score (nSPS) is 12.6. The first-order chi connectivity index (χ1) is 17.7. The molecule has 0 aliphatic heterocycles. The molecule has 12 nitrogen and oxygen atoms in total. The number of fused-ring (bicyclic) bond motifs is 1. The Hall–Kier alpha value is -3.87. The number of carbonyl (C=O) groups excluding carboxylic acids is 3. The minimum atomic E-state index is -0.959. The number of nitrogens with one attached hydrogen (secondary N) is 1. The summed E-state index contributed by atoms with van der Waals surface area (Å²) in [4.78, 5) is 55.3. The van der Waals surface area contributed by atoms with Crippen LogP contribution in [0.4, 0.5) is 11.8 Å². The number of anilines is 2. The zero-order chi connectivity index (χ0) is 26.9. The van der Waals surface area contributed by atoms with Crippen molar-refractivity contribution in [2.45, 2.75) is 58.4 Å². The molecular formula is C24H31N7O5S. The zero-order valence-corrected chi connectivity index (χ0v) is 21.8. The van der Waals surface area contributed by atoms with Crippen molar-refractivity contribution in [1.29, 1.82) is 0 Å². The van der Waals surface area contributed by atoms with Gasteiger partial charge in [0, 0.05) is 11.3 Å². The Morgan fingerprint density at radius 3 is 2.51 bits per heavy atom. The lowest BCUT2D eigenvalue weighted by Crippen LogP contribution is -2.42. The van der Waals surface area contributed by atoms with Crippen LogP contribution in [0.1, 0.15) is 66.2 Å². The molecule has 0 aliphatic rings. The second-order valence-corrected chi connectivity index (χ2v) is 9.25. The number of aromatic nitrogens is 4. The summed E-state index contributed by atoms with van der Waals surface area (Å²) < 4.78 is 9.98. The van der Waals surface area contributed by atoms with E-state index in [4.69, 9.17) is 20.9 Å². The predicted octanol–water partition coefficient (Wildman–Crippen LogP) is 2.39. The van der Waals surface area contributed by atoms with Crippen LogP contribution in [0, 0.1) is 0 Å². The first kappa shape index (κ1) is 27.7. The van der Waals surface area contributed by atoms with Gasteiger partial charge in [-0.1, -0.05) is 6.92 Å². The molecule has 0 spiro atoms. The van der Waals surface area contributed by atoms with Gasteiger partial charge in [0.25, 0.3) is 5.91 Å². The minimum Gasteiger partial charge on any atom is -0.466 e. The van der Waals surface area contributed by atoms with Gasteiger partial charge < -0.3 is 26.3 Å². The largest absolute Gasteiger partial charge is 0.466 e. The summed E-state index contributed by atoms with van der Waals surface area (Å²) in [6, 6.07) is 2.64. The van der Waals surface area contributed by atoms with E-state index in [0.717, 1.165) is 11.3 Å². The highest BCUT2D eigenvalue weighted by atomic mass is 32.1. The number of esters is 2. The van der Waals surface area contributed by atoms with Crippen LogP contribution in [-0.2, 0) is 25.5 Å². The van der Waals surface area contributed by atoms with Gasteiger partial charge in [-0.05, 0) is 51.2 Å². The van der Waals surface area contributed by atoms with Crippen LogP contribution in [-0.4, -0.2) is 57.0 Å². The lowest BCUT2D eigenvalue weighted by Gasteiger charge is -2.16. The molecule has 3 heterocycles. The summed E-state index contributed by atoms with van der Waals surface area (Å²) in [7, 11) is 0. The van der Waals surface area contributed by atoms with Gasteiger partial charge in [-0.2, -0.15) is 9.97 Å². The fraction of sp³-hybridized carbons (Fsp3) is 0.458. The molecule has 3 aromatic heterocycles. The van der Waals surface area contributed by atoms with Gasteiger partial charge in [0.1, 0.15) is 6.04 Å². The van der Waals surface area contributed by atoms with Crippen LogP contribution in [0.2, 0.25) is 0 Å². The highest BCUT2D eigenvalue weighted by Gasteiger charge is 2.25. The number of nitrogen functional groups attached to an aromatic ring is 2. The number of carbonyl (C=O) groups is 3. The average molecular weight is 530 g/mol. The number of hydrogen-bond acceptors (Lipinski definition) is 12. The van der Waals surface area contributed by atoms with Gasteiger partial charge in [-0.3, -0.25) is 9.59 Å². The van der Waals surface area contributed by atoms with E-state index in [-0.39, 0.29) is 43.7 Å². The van der Waals surface area contributed by atoms with Gasteiger partial charge in [-0.25, -0.2) is 14.8 Å². The molecule has 37 heavy (non-hydrogen) atoms. The lowest BCUT2D eigenvalue weighted by atomic mass is 9.99. The second kappa shape index (κ2) is 12.9. The number of amides is 1. The zero-order valence-electron chi connectivity index (χ0n) is 21.0. The maximum Gasteiger partial charge on any atom is 0.328 e. The van der Waals surface area contributed by atoms with Crippen LogP contribution >= 0.6 is 11.3 Å². The highest BCUT2D eigenvalue weighted by molar-refractivity contribution is 7.14. The summed E-state index contributed by atoms with van der Waals surface area (Å²) in [6.45, 7) is 5.83. The smallest absolute Gasteiger partial charge is 0.328 e. The molecule has 0 aromatic carbocycles. The van der Waals surface area contributed by atoms with E-state index >= 15 is 0 Å². The van der Waals surface area contributed by atoms with Crippen molar-refractivity contribution in [2.24, 2.45) is 0 Å². The van der Waals surface area contributed by atoms with Gasteiger partial charge in [-0.15, -0.1) is 11.3 Å². The number of nitrogens with two attached hydrogens (primary N) is 2. The van der Waals surface area contributed by atoms with Crippen molar-refractivity contribution in [2.75, 3.05) is 24.7 Å². The van der Waals surface area contributed by atoms with E-state index in [1.54, 1.807) is 26.1 Å². The van der Waals surface area contributed by atoms with Crippen LogP contribution in [0.5, 0.6) is 0 Å². The first-order valence-electron chi connectivity index (χ1n) is 12.0. The average Bonchev–Trinajstić information content (AvgIpc) is 3.36. The third-order valence-electron chi connectivity index (χ3n) is 5.52. The number of hydrogen-bond donors (Lipinski definition) is 3. The van der Waals surface area contributed by atoms with E-state index < -0.39 is 23.9 Å². The van der Waals surface area contributed by atoms with Crippen LogP contribution in [0.15, 0.2) is 18.3 Å². The molecule has 0 bridgehead atoms. The summed E-state index contributed by atoms with van der Waals surface area (Å²) in [5, 5.41) is 2.70. The van der Waals surface area contributed by atoms with Crippen molar-refractivity contribution in [1.82, 2.24) is 25.3 Å². The van der Waals surface area contributed by atoms with Gasteiger partial charge in [0.2, 0.25) is 5.95 Å². The lowest BCUT2D eigenvalue weighted by molar-refractivity contribution is -0.146. The molecule has 13 heteroatoms. The van der Waals surface area contributed by atoms with E-state index in [1.807, 2.05) is 13.0 Å². The minimum absolute atomic E-state index is 0.0137. The molecule has 198 valence electrons. The summed E-state index contributed by atoms with van der Waals surface area (Å²) in [5.41, 5.74) is 13.0. The molecule has 5 N–H and O–H groups in total. The van der Waals surface area contributed by atoms with E-state index in [9.17, 15) is 14.4 Å². The summed E-state index contributed by atoms with van der Waals surface area (Å²) >= 11 is 1.33. The van der Waals surface area contributed by atoms with E-state index in [0.29, 0.717) is 28.2 Å². The Labute approximate surface area is 218 Å². The molecule has 0 fully saturated rings. The third-order valence-corrected chi connectivity index (χ3v) is 6.77. The molecule has 0 saturated carbocycles. The Bertz CT molecular complexity index is 1270. The van der Waals surface area contributed by atoms with Crippen LogP contribution in [0.25, 0.3) is 11.2 Å². The molecule has 3 aromatic rings. The van der Waals surface area contributed by atoms with Crippen molar-refractivity contribution in [3.8, 4) is 0 Å². The van der Waals surface area contributed by atoms with E-state index in [2.05, 4.69) is 25.3 Å². The second-order valence-electron chi connectivity index (χ2n) is 8.13.